The second kappa shape index (κ2) is 6.03. The summed E-state index contributed by atoms with van der Waals surface area (Å²) in [5, 5.41) is 16.8. The summed E-state index contributed by atoms with van der Waals surface area (Å²) in [6, 6.07) is 0. The highest BCUT2D eigenvalue weighted by Crippen LogP contribution is 1.90. The number of rotatable bonds is 6. The van der Waals surface area contributed by atoms with Crippen LogP contribution in [-0.4, -0.2) is 46.7 Å². The zero-order chi connectivity index (χ0) is 10.3. The van der Waals surface area contributed by atoms with Crippen LogP contribution in [0.25, 0.3) is 0 Å². The first-order valence-corrected chi connectivity index (χ1v) is 3.65. The molecular weight excluding hydrogens is 174 g/mol. The van der Waals surface area contributed by atoms with Gasteiger partial charge in [0.2, 0.25) is 0 Å². The Morgan fingerprint density at radius 2 is 1.69 bits per heavy atom. The average Bonchev–Trinajstić information content (AvgIpc) is 1.98. The van der Waals surface area contributed by atoms with Gasteiger partial charge in [-0.2, -0.15) is 0 Å². The molecule has 0 unspecified atom stereocenters. The molecular formula is C8H11NO4. The van der Waals surface area contributed by atoms with E-state index in [1.54, 1.807) is 0 Å². The Balaban J connectivity index is 3.96. The lowest BCUT2D eigenvalue weighted by molar-refractivity contribution is -0.141. The van der Waals surface area contributed by atoms with Crippen LogP contribution >= 0.6 is 0 Å². The fourth-order valence-corrected chi connectivity index (χ4v) is 0.819. The smallest absolute Gasteiger partial charge is 0.317 e. The van der Waals surface area contributed by atoms with Crippen LogP contribution in [0.5, 0.6) is 0 Å². The van der Waals surface area contributed by atoms with Gasteiger partial charge in [-0.05, 0) is 0 Å². The van der Waals surface area contributed by atoms with E-state index in [2.05, 4.69) is 5.92 Å². The van der Waals surface area contributed by atoms with Crippen LogP contribution in [0.3, 0.4) is 0 Å². The van der Waals surface area contributed by atoms with E-state index in [-0.39, 0.29) is 19.6 Å². The van der Waals surface area contributed by atoms with Gasteiger partial charge in [-0.15, -0.1) is 12.3 Å². The number of terminal acetylenes is 1. The summed E-state index contributed by atoms with van der Waals surface area (Å²) in [5.74, 6) is 0.203. The molecule has 0 aromatic rings. The highest BCUT2D eigenvalue weighted by Gasteiger charge is 2.11. The molecule has 0 aliphatic rings. The molecule has 0 radical (unpaired) electrons. The van der Waals surface area contributed by atoms with Crippen LogP contribution in [0.2, 0.25) is 0 Å². The number of hydrogen-bond donors (Lipinski definition) is 2. The second-order valence-corrected chi connectivity index (χ2v) is 2.45. The van der Waals surface area contributed by atoms with Crippen molar-refractivity contribution in [3.8, 4) is 12.3 Å². The van der Waals surface area contributed by atoms with Gasteiger partial charge >= 0.3 is 11.9 Å². The molecule has 0 atom stereocenters. The van der Waals surface area contributed by atoms with Gasteiger partial charge in [0.05, 0.1) is 13.1 Å². The summed E-state index contributed by atoms with van der Waals surface area (Å²) in [6.07, 6.45) is 5.31. The third kappa shape index (κ3) is 6.84. The van der Waals surface area contributed by atoms with E-state index in [9.17, 15) is 9.59 Å². The summed E-state index contributed by atoms with van der Waals surface area (Å²) < 4.78 is 0. The molecule has 0 amide bonds. The van der Waals surface area contributed by atoms with Crippen LogP contribution in [0.15, 0.2) is 0 Å². The molecule has 0 spiro atoms. The van der Waals surface area contributed by atoms with E-state index >= 15 is 0 Å². The van der Waals surface area contributed by atoms with Gasteiger partial charge in [0.15, 0.2) is 0 Å². The van der Waals surface area contributed by atoms with Gasteiger partial charge in [-0.25, -0.2) is 0 Å². The molecule has 0 aliphatic carbocycles. The van der Waals surface area contributed by atoms with Gasteiger partial charge in [0, 0.05) is 13.0 Å². The van der Waals surface area contributed by atoms with Crippen molar-refractivity contribution in [3.05, 3.63) is 0 Å². The molecule has 0 rings (SSSR count). The van der Waals surface area contributed by atoms with E-state index in [1.165, 1.54) is 4.90 Å². The molecule has 0 aliphatic heterocycles. The maximum atomic E-state index is 10.3. The Bertz CT molecular complexity index is 215. The van der Waals surface area contributed by atoms with E-state index < -0.39 is 11.9 Å². The minimum Gasteiger partial charge on any atom is -0.480 e. The number of nitrogens with zero attached hydrogens (tertiary/aromatic N) is 1. The summed E-state index contributed by atoms with van der Waals surface area (Å²) in [7, 11) is 0. The highest BCUT2D eigenvalue weighted by molar-refractivity contribution is 5.72. The zero-order valence-electron chi connectivity index (χ0n) is 7.06. The van der Waals surface area contributed by atoms with Crippen LogP contribution in [0.4, 0.5) is 0 Å². The quantitative estimate of drug-likeness (QED) is 0.544. The van der Waals surface area contributed by atoms with Gasteiger partial charge in [-0.1, -0.05) is 0 Å². The number of carboxylic acids is 2. The Morgan fingerprint density at radius 1 is 1.23 bits per heavy atom. The number of carbonyl (C=O) groups is 2. The fraction of sp³-hybridized carbons (Fsp3) is 0.500. The minimum absolute atomic E-state index is 0.287. The van der Waals surface area contributed by atoms with Crippen molar-refractivity contribution in [3.63, 3.8) is 0 Å². The Hall–Kier alpha value is -1.54. The average molecular weight is 185 g/mol. The molecule has 0 saturated carbocycles. The molecule has 5 nitrogen and oxygen atoms in total. The lowest BCUT2D eigenvalue weighted by atomic mass is 10.3. The van der Waals surface area contributed by atoms with Crippen LogP contribution in [-0.2, 0) is 9.59 Å². The summed E-state index contributed by atoms with van der Waals surface area (Å²) in [4.78, 5) is 21.8. The van der Waals surface area contributed by atoms with Crippen LogP contribution < -0.4 is 0 Å². The Morgan fingerprint density at radius 3 is 2.00 bits per heavy atom. The third-order valence-electron chi connectivity index (χ3n) is 1.29. The monoisotopic (exact) mass is 185 g/mol. The molecule has 0 fully saturated rings. The lowest BCUT2D eigenvalue weighted by Gasteiger charge is -2.15. The molecule has 2 N–H and O–H groups in total. The molecule has 0 saturated heterocycles. The zero-order valence-corrected chi connectivity index (χ0v) is 7.06. The van der Waals surface area contributed by atoms with Gasteiger partial charge in [0.25, 0.3) is 0 Å². The van der Waals surface area contributed by atoms with E-state index in [0.29, 0.717) is 6.42 Å². The highest BCUT2D eigenvalue weighted by atomic mass is 16.4. The Labute approximate surface area is 76.0 Å². The van der Waals surface area contributed by atoms with Crippen molar-refractivity contribution in [1.82, 2.24) is 4.90 Å². The van der Waals surface area contributed by atoms with Crippen molar-refractivity contribution in [1.29, 1.82) is 0 Å². The van der Waals surface area contributed by atoms with E-state index in [1.807, 2.05) is 0 Å². The molecule has 72 valence electrons. The Kier molecular flexibility index (Phi) is 5.32. The standard InChI is InChI=1S/C8H11NO4/c1-2-3-4-9(5-7(10)11)6-8(12)13/h1H,3-6H2,(H,10,11)(H,12,13). The first-order valence-electron chi connectivity index (χ1n) is 3.65. The molecule has 5 heteroatoms. The van der Waals surface area contributed by atoms with Crippen molar-refractivity contribution in [2.75, 3.05) is 19.6 Å². The van der Waals surface area contributed by atoms with Gasteiger partial charge in [-0.3, -0.25) is 14.5 Å². The number of aliphatic carboxylic acids is 2. The molecule has 0 aromatic heterocycles. The van der Waals surface area contributed by atoms with E-state index in [0.717, 1.165) is 0 Å². The first kappa shape index (κ1) is 11.5. The lowest BCUT2D eigenvalue weighted by Crippen LogP contribution is -2.35. The fourth-order valence-electron chi connectivity index (χ4n) is 0.819. The summed E-state index contributed by atoms with van der Waals surface area (Å²) in [6.45, 7) is -0.308. The van der Waals surface area contributed by atoms with Crippen molar-refractivity contribution in [2.45, 2.75) is 6.42 Å². The maximum absolute atomic E-state index is 10.3. The predicted molar refractivity (Wildman–Crippen MR) is 45.2 cm³/mol. The molecule has 0 heterocycles. The molecule has 13 heavy (non-hydrogen) atoms. The van der Waals surface area contributed by atoms with Crippen LogP contribution in [0.1, 0.15) is 6.42 Å². The topological polar surface area (TPSA) is 77.8 Å². The first-order chi connectivity index (χ1) is 6.06. The maximum Gasteiger partial charge on any atom is 0.317 e. The van der Waals surface area contributed by atoms with Gasteiger partial charge < -0.3 is 10.2 Å². The van der Waals surface area contributed by atoms with Crippen LogP contribution in [0, 0.1) is 12.3 Å². The minimum atomic E-state index is -1.06. The largest absolute Gasteiger partial charge is 0.480 e. The second-order valence-electron chi connectivity index (χ2n) is 2.45. The summed E-state index contributed by atoms with van der Waals surface area (Å²) >= 11 is 0. The molecule has 0 aromatic carbocycles. The predicted octanol–water partition coefficient (Wildman–Crippen LogP) is -0.519. The SMILES string of the molecule is C#CCCN(CC(=O)O)CC(=O)O. The van der Waals surface area contributed by atoms with Gasteiger partial charge in [0.1, 0.15) is 0 Å². The summed E-state index contributed by atoms with van der Waals surface area (Å²) in [5.41, 5.74) is 0. The van der Waals surface area contributed by atoms with E-state index in [4.69, 9.17) is 16.6 Å². The van der Waals surface area contributed by atoms with Crippen molar-refractivity contribution >= 4 is 11.9 Å². The third-order valence-corrected chi connectivity index (χ3v) is 1.29. The number of hydrogen-bond acceptors (Lipinski definition) is 3. The normalized spacial score (nSPS) is 9.54. The number of carboxylic acid groups (broad SMARTS) is 2. The van der Waals surface area contributed by atoms with Crippen molar-refractivity contribution < 1.29 is 19.8 Å². The van der Waals surface area contributed by atoms with Crippen molar-refractivity contribution in [2.24, 2.45) is 0 Å². The molecule has 0 bridgehead atoms.